The van der Waals surface area contributed by atoms with Gasteiger partial charge in [0, 0.05) is 17.8 Å². The molecule has 2 amide bonds. The Balaban J connectivity index is 2.10. The Kier molecular flexibility index (Phi) is 6.49. The molecule has 0 heterocycles. The number of nitrogens with one attached hydrogen (secondary N) is 2. The summed E-state index contributed by atoms with van der Waals surface area (Å²) in [5, 5.41) is 10.8. The molecule has 0 aliphatic heterocycles. The van der Waals surface area contributed by atoms with E-state index in [9.17, 15) is 14.0 Å². The fourth-order valence-corrected chi connectivity index (χ4v) is 2.58. The van der Waals surface area contributed by atoms with Gasteiger partial charge in [0.1, 0.15) is 11.6 Å². The van der Waals surface area contributed by atoms with Crippen LogP contribution in [0.25, 0.3) is 0 Å². The molecule has 0 fully saturated rings. The lowest BCUT2D eigenvalue weighted by Gasteiger charge is -2.11. The van der Waals surface area contributed by atoms with Gasteiger partial charge in [-0.05, 0) is 30.7 Å². The molecule has 0 bridgehead atoms. The van der Waals surface area contributed by atoms with Gasteiger partial charge in [0.05, 0.1) is 24.0 Å². The first-order chi connectivity index (χ1) is 13.2. The van der Waals surface area contributed by atoms with Crippen LogP contribution in [0.4, 0.5) is 4.39 Å². The van der Waals surface area contributed by atoms with Gasteiger partial charge in [0.25, 0.3) is 11.8 Å². The summed E-state index contributed by atoms with van der Waals surface area (Å²) in [4.78, 5) is 23.8. The normalized spacial score (nSPS) is 11.4. The lowest BCUT2D eigenvalue weighted by atomic mass is 9.99. The second kappa shape index (κ2) is 8.81. The van der Waals surface area contributed by atoms with E-state index in [1.165, 1.54) is 26.2 Å². The topological polar surface area (TPSA) is 131 Å². The van der Waals surface area contributed by atoms with Gasteiger partial charge in [-0.25, -0.2) is 4.39 Å². The molecule has 7 nitrogen and oxygen atoms in total. The van der Waals surface area contributed by atoms with E-state index >= 15 is 0 Å². The molecule has 0 atom stereocenters. The molecule has 0 spiro atoms. The summed E-state index contributed by atoms with van der Waals surface area (Å²) < 4.78 is 18.5. The molecular weight excluding hydrogens is 363 g/mol. The SMILES string of the molecule is COc1ccc(F)cc1C(=O)NCc1ccc(C(=N)/C(C(N)=O)=C(\C)N)cc1. The highest BCUT2D eigenvalue weighted by Gasteiger charge is 2.16. The third-order valence-corrected chi connectivity index (χ3v) is 3.99. The molecule has 0 aliphatic rings. The van der Waals surface area contributed by atoms with E-state index in [0.29, 0.717) is 5.56 Å². The van der Waals surface area contributed by atoms with Crippen LogP contribution in [0.3, 0.4) is 0 Å². The molecule has 0 radical (unpaired) electrons. The largest absolute Gasteiger partial charge is 0.496 e. The van der Waals surface area contributed by atoms with Crippen LogP contribution in [0.15, 0.2) is 53.7 Å². The highest BCUT2D eigenvalue weighted by Crippen LogP contribution is 2.19. The number of halogens is 1. The minimum atomic E-state index is -0.773. The number of methoxy groups -OCH3 is 1. The molecule has 0 saturated carbocycles. The second-order valence-electron chi connectivity index (χ2n) is 6.02. The van der Waals surface area contributed by atoms with Crippen LogP contribution in [0, 0.1) is 11.2 Å². The maximum atomic E-state index is 13.4. The number of rotatable bonds is 7. The summed E-state index contributed by atoms with van der Waals surface area (Å²) in [6, 6.07) is 10.3. The number of primary amides is 1. The van der Waals surface area contributed by atoms with Gasteiger partial charge >= 0.3 is 0 Å². The van der Waals surface area contributed by atoms with Crippen LogP contribution >= 0.6 is 0 Å². The molecule has 146 valence electrons. The lowest BCUT2D eigenvalue weighted by Crippen LogP contribution is -2.25. The Labute approximate surface area is 161 Å². The minimum Gasteiger partial charge on any atom is -0.496 e. The number of ether oxygens (including phenoxy) is 1. The van der Waals surface area contributed by atoms with E-state index in [0.717, 1.165) is 11.6 Å². The number of allylic oxidation sites excluding steroid dienone is 1. The van der Waals surface area contributed by atoms with Crippen LogP contribution in [-0.2, 0) is 11.3 Å². The van der Waals surface area contributed by atoms with Crippen molar-refractivity contribution < 1.29 is 18.7 Å². The van der Waals surface area contributed by atoms with Crippen molar-refractivity contribution in [2.45, 2.75) is 13.5 Å². The fraction of sp³-hybridized carbons (Fsp3) is 0.150. The summed E-state index contributed by atoms with van der Waals surface area (Å²) in [5.74, 6) is -1.52. The molecule has 0 unspecified atom stereocenters. The summed E-state index contributed by atoms with van der Waals surface area (Å²) in [7, 11) is 1.40. The van der Waals surface area contributed by atoms with Crippen molar-refractivity contribution in [3.05, 3.63) is 76.2 Å². The molecular formula is C20H21FN4O3. The smallest absolute Gasteiger partial charge is 0.255 e. The number of benzene rings is 2. The van der Waals surface area contributed by atoms with Crippen molar-refractivity contribution in [1.29, 1.82) is 5.41 Å². The standard InChI is InChI=1S/C20H21FN4O3/c1-11(22)17(19(24)26)18(23)13-5-3-12(4-6-13)10-25-20(27)15-9-14(21)7-8-16(15)28-2/h3-9,23H,10,22H2,1-2H3,(H2,24,26)(H,25,27)/b17-11-,23-18?. The Hall–Kier alpha value is -3.68. The zero-order chi connectivity index (χ0) is 20.8. The molecule has 2 aromatic rings. The van der Waals surface area contributed by atoms with E-state index < -0.39 is 17.6 Å². The summed E-state index contributed by atoms with van der Waals surface area (Å²) in [5.41, 5.74) is 12.2. The van der Waals surface area contributed by atoms with Crippen LogP contribution in [0.1, 0.15) is 28.4 Å². The van der Waals surface area contributed by atoms with Crippen molar-refractivity contribution in [3.63, 3.8) is 0 Å². The molecule has 6 N–H and O–H groups in total. The first-order valence-electron chi connectivity index (χ1n) is 8.30. The van der Waals surface area contributed by atoms with Crippen molar-refractivity contribution in [2.24, 2.45) is 11.5 Å². The zero-order valence-corrected chi connectivity index (χ0v) is 15.5. The Morgan fingerprint density at radius 2 is 1.79 bits per heavy atom. The summed E-state index contributed by atoms with van der Waals surface area (Å²) in [6.07, 6.45) is 0. The lowest BCUT2D eigenvalue weighted by molar-refractivity contribution is -0.114. The quantitative estimate of drug-likeness (QED) is 0.428. The van der Waals surface area contributed by atoms with Gasteiger partial charge in [-0.3, -0.25) is 15.0 Å². The summed E-state index contributed by atoms with van der Waals surface area (Å²) in [6.45, 7) is 1.68. The van der Waals surface area contributed by atoms with Crippen LogP contribution in [-0.4, -0.2) is 24.6 Å². The van der Waals surface area contributed by atoms with E-state index in [2.05, 4.69) is 5.32 Å². The number of amides is 2. The van der Waals surface area contributed by atoms with E-state index in [1.807, 2.05) is 0 Å². The third-order valence-electron chi connectivity index (χ3n) is 3.99. The van der Waals surface area contributed by atoms with Gasteiger partial charge in [-0.1, -0.05) is 24.3 Å². The minimum absolute atomic E-state index is 0.0424. The van der Waals surface area contributed by atoms with Crippen LogP contribution in [0.2, 0.25) is 0 Å². The average Bonchev–Trinajstić information content (AvgIpc) is 2.65. The van der Waals surface area contributed by atoms with E-state index in [1.54, 1.807) is 24.3 Å². The highest BCUT2D eigenvalue weighted by atomic mass is 19.1. The molecule has 2 rings (SSSR count). The fourth-order valence-electron chi connectivity index (χ4n) is 2.58. The molecule has 28 heavy (non-hydrogen) atoms. The van der Waals surface area contributed by atoms with Gasteiger partial charge < -0.3 is 21.5 Å². The third kappa shape index (κ3) is 4.73. The predicted molar refractivity (Wildman–Crippen MR) is 103 cm³/mol. The van der Waals surface area contributed by atoms with Crippen LogP contribution < -0.4 is 21.5 Å². The second-order valence-corrected chi connectivity index (χ2v) is 6.02. The zero-order valence-electron chi connectivity index (χ0n) is 15.5. The van der Waals surface area contributed by atoms with Crippen molar-refractivity contribution in [3.8, 4) is 5.75 Å². The average molecular weight is 384 g/mol. The molecule has 0 aliphatic carbocycles. The summed E-state index contributed by atoms with van der Waals surface area (Å²) >= 11 is 0. The van der Waals surface area contributed by atoms with E-state index in [-0.39, 0.29) is 34.8 Å². The van der Waals surface area contributed by atoms with Crippen molar-refractivity contribution in [1.82, 2.24) is 5.32 Å². The Morgan fingerprint density at radius 1 is 1.14 bits per heavy atom. The Bertz CT molecular complexity index is 948. The Morgan fingerprint density at radius 3 is 2.32 bits per heavy atom. The monoisotopic (exact) mass is 384 g/mol. The highest BCUT2D eigenvalue weighted by molar-refractivity contribution is 6.26. The van der Waals surface area contributed by atoms with Gasteiger partial charge in [-0.15, -0.1) is 0 Å². The predicted octanol–water partition coefficient (Wildman–Crippen LogP) is 1.85. The van der Waals surface area contributed by atoms with Crippen LogP contribution in [0.5, 0.6) is 5.75 Å². The number of carbonyl (C=O) groups is 2. The molecule has 0 saturated heterocycles. The van der Waals surface area contributed by atoms with Gasteiger partial charge in [0.15, 0.2) is 0 Å². The molecule has 8 heteroatoms. The van der Waals surface area contributed by atoms with Gasteiger partial charge in [0.2, 0.25) is 0 Å². The van der Waals surface area contributed by atoms with Gasteiger partial charge in [-0.2, -0.15) is 0 Å². The number of carbonyl (C=O) groups excluding carboxylic acids is 2. The maximum Gasteiger partial charge on any atom is 0.255 e. The maximum absolute atomic E-state index is 13.4. The number of hydrogen-bond donors (Lipinski definition) is 4. The molecule has 2 aromatic carbocycles. The molecule has 0 aromatic heterocycles. The first-order valence-corrected chi connectivity index (χ1v) is 8.30. The first kappa shape index (κ1) is 20.6. The van der Waals surface area contributed by atoms with Crippen molar-refractivity contribution in [2.75, 3.05) is 7.11 Å². The number of nitrogens with two attached hydrogens (primary N) is 2. The van der Waals surface area contributed by atoms with Crippen molar-refractivity contribution >= 4 is 17.5 Å². The number of hydrogen-bond acceptors (Lipinski definition) is 5. The van der Waals surface area contributed by atoms with E-state index in [4.69, 9.17) is 21.6 Å².